The van der Waals surface area contributed by atoms with Gasteiger partial charge in [0.1, 0.15) is 24.2 Å². The molecular formula is C24H23FN6O4. The molecule has 0 saturated carbocycles. The molecule has 11 heteroatoms. The smallest absolute Gasteiger partial charge is 0.341 e. The fourth-order valence-electron chi connectivity index (χ4n) is 3.33. The van der Waals surface area contributed by atoms with Gasteiger partial charge in [0, 0.05) is 35.2 Å². The summed E-state index contributed by atoms with van der Waals surface area (Å²) in [4.78, 5) is 32.6. The number of methoxy groups -OCH3 is 1. The number of rotatable bonds is 9. The fraction of sp³-hybridized carbons (Fsp3) is 0.250. The molecule has 3 aromatic heterocycles. The van der Waals surface area contributed by atoms with Gasteiger partial charge in [-0.1, -0.05) is 0 Å². The number of ether oxygens (including phenoxy) is 3. The predicted octanol–water partition coefficient (Wildman–Crippen LogP) is 3.61. The van der Waals surface area contributed by atoms with Gasteiger partial charge in [0.2, 0.25) is 11.8 Å². The Kier molecular flexibility index (Phi) is 7.24. The summed E-state index contributed by atoms with van der Waals surface area (Å²) in [7, 11) is 1.36. The third-order valence-electron chi connectivity index (χ3n) is 5.04. The van der Waals surface area contributed by atoms with Crippen LogP contribution in [0.1, 0.15) is 23.0 Å². The minimum atomic E-state index is -0.563. The third kappa shape index (κ3) is 5.40. The molecule has 0 bridgehead atoms. The van der Waals surface area contributed by atoms with Gasteiger partial charge in [0.15, 0.2) is 5.82 Å². The molecule has 0 aliphatic rings. The van der Waals surface area contributed by atoms with Crippen molar-refractivity contribution < 1.29 is 23.4 Å². The van der Waals surface area contributed by atoms with Crippen molar-refractivity contribution in [3.63, 3.8) is 0 Å². The van der Waals surface area contributed by atoms with E-state index in [0.29, 0.717) is 34.9 Å². The first kappa shape index (κ1) is 23.7. The van der Waals surface area contributed by atoms with E-state index in [1.165, 1.54) is 38.1 Å². The van der Waals surface area contributed by atoms with E-state index in [2.05, 4.69) is 30.2 Å². The molecule has 0 amide bonds. The molecule has 0 aliphatic carbocycles. The van der Waals surface area contributed by atoms with E-state index in [1.807, 2.05) is 13.0 Å². The zero-order chi connectivity index (χ0) is 24.8. The van der Waals surface area contributed by atoms with Crippen molar-refractivity contribution >= 4 is 22.8 Å². The molecular weight excluding hydrogens is 455 g/mol. The second-order valence-electron chi connectivity index (χ2n) is 7.34. The first-order valence-corrected chi connectivity index (χ1v) is 10.8. The van der Waals surface area contributed by atoms with E-state index in [0.717, 1.165) is 11.1 Å². The summed E-state index contributed by atoms with van der Waals surface area (Å²) >= 11 is 0. The Morgan fingerprint density at radius 1 is 1.03 bits per heavy atom. The number of fused-ring (bicyclic) bond motifs is 1. The van der Waals surface area contributed by atoms with Gasteiger partial charge in [-0.2, -0.15) is 0 Å². The average Bonchev–Trinajstić information content (AvgIpc) is 2.87. The average molecular weight is 478 g/mol. The molecule has 1 aromatic carbocycles. The Bertz CT molecular complexity index is 1350. The van der Waals surface area contributed by atoms with Gasteiger partial charge in [-0.25, -0.2) is 34.1 Å². The number of hydrogen-bond acceptors (Lipinski definition) is 10. The quantitative estimate of drug-likeness (QED) is 0.282. The van der Waals surface area contributed by atoms with Gasteiger partial charge < -0.3 is 19.5 Å². The SMILES string of the molecule is CCOC(=O)c1cnc(NCCOc2cc(-c3cnc(OC)c(F)c3)cc3c(C)ncnc23)nc1. The summed E-state index contributed by atoms with van der Waals surface area (Å²) in [6.07, 6.45) is 5.79. The van der Waals surface area contributed by atoms with Crippen LogP contribution in [0, 0.1) is 12.7 Å². The maximum absolute atomic E-state index is 14.3. The lowest BCUT2D eigenvalue weighted by molar-refractivity contribution is 0.0525. The van der Waals surface area contributed by atoms with Gasteiger partial charge in [0.05, 0.1) is 25.8 Å². The molecule has 3 heterocycles. The number of aromatic nitrogens is 5. The molecule has 1 N–H and O–H groups in total. The molecule has 0 fully saturated rings. The summed E-state index contributed by atoms with van der Waals surface area (Å²) in [5.74, 6) is -0.253. The van der Waals surface area contributed by atoms with Crippen LogP contribution >= 0.6 is 0 Å². The Labute approximate surface area is 200 Å². The molecule has 0 aliphatic heterocycles. The summed E-state index contributed by atoms with van der Waals surface area (Å²) in [6, 6.07) is 5.01. The molecule has 0 saturated heterocycles. The third-order valence-corrected chi connectivity index (χ3v) is 5.04. The predicted molar refractivity (Wildman–Crippen MR) is 126 cm³/mol. The van der Waals surface area contributed by atoms with E-state index in [-0.39, 0.29) is 24.7 Å². The van der Waals surface area contributed by atoms with Gasteiger partial charge in [-0.3, -0.25) is 0 Å². The minimum absolute atomic E-state index is 0.0749. The van der Waals surface area contributed by atoms with Crippen molar-refractivity contribution in [1.29, 1.82) is 0 Å². The van der Waals surface area contributed by atoms with Crippen LogP contribution in [-0.2, 0) is 4.74 Å². The molecule has 35 heavy (non-hydrogen) atoms. The monoisotopic (exact) mass is 478 g/mol. The van der Waals surface area contributed by atoms with Crippen LogP contribution in [-0.4, -0.2) is 57.8 Å². The number of pyridine rings is 1. The van der Waals surface area contributed by atoms with Crippen molar-refractivity contribution in [2.45, 2.75) is 13.8 Å². The number of esters is 1. The van der Waals surface area contributed by atoms with Crippen molar-refractivity contribution in [3.05, 3.63) is 60.2 Å². The minimum Gasteiger partial charge on any atom is -0.489 e. The van der Waals surface area contributed by atoms with E-state index in [1.54, 1.807) is 13.0 Å². The highest BCUT2D eigenvalue weighted by atomic mass is 19.1. The van der Waals surface area contributed by atoms with Crippen LogP contribution in [0.5, 0.6) is 11.6 Å². The van der Waals surface area contributed by atoms with Crippen LogP contribution in [0.3, 0.4) is 0 Å². The number of halogens is 1. The standard InChI is InChI=1S/C24H23FN6O4/c1-4-34-23(32)17-11-28-24(29-12-17)26-5-6-35-20-9-15(7-18-14(2)30-13-31-21(18)20)16-8-19(25)22(33-3)27-10-16/h7-13H,4-6H2,1-3H3,(H,26,28,29). The maximum atomic E-state index is 14.3. The van der Waals surface area contributed by atoms with E-state index < -0.39 is 11.8 Å². The number of carbonyl (C=O) groups excluding carboxylic acids is 1. The Balaban J connectivity index is 1.50. The zero-order valence-electron chi connectivity index (χ0n) is 19.4. The molecule has 0 spiro atoms. The lowest BCUT2D eigenvalue weighted by atomic mass is 10.0. The Morgan fingerprint density at radius 3 is 2.54 bits per heavy atom. The van der Waals surface area contributed by atoms with Crippen LogP contribution in [0.15, 0.2) is 43.1 Å². The van der Waals surface area contributed by atoms with E-state index in [9.17, 15) is 9.18 Å². The fourth-order valence-corrected chi connectivity index (χ4v) is 3.33. The van der Waals surface area contributed by atoms with Gasteiger partial charge in [-0.05, 0) is 37.6 Å². The van der Waals surface area contributed by atoms with Crippen molar-refractivity contribution in [2.75, 3.05) is 32.2 Å². The Hall–Kier alpha value is -4.41. The first-order valence-electron chi connectivity index (χ1n) is 10.8. The second-order valence-corrected chi connectivity index (χ2v) is 7.34. The summed E-state index contributed by atoms with van der Waals surface area (Å²) in [5.41, 5.74) is 2.93. The summed E-state index contributed by atoms with van der Waals surface area (Å²) in [5, 5.41) is 3.81. The molecule has 10 nitrogen and oxygen atoms in total. The second kappa shape index (κ2) is 10.7. The van der Waals surface area contributed by atoms with Crippen molar-refractivity contribution in [3.8, 4) is 22.8 Å². The lowest BCUT2D eigenvalue weighted by Crippen LogP contribution is -2.14. The molecule has 4 rings (SSSR count). The number of hydrogen-bond donors (Lipinski definition) is 1. The highest BCUT2D eigenvalue weighted by Gasteiger charge is 2.13. The lowest BCUT2D eigenvalue weighted by Gasteiger charge is -2.13. The number of aryl methyl sites for hydroxylation is 1. The zero-order valence-corrected chi connectivity index (χ0v) is 19.4. The normalized spacial score (nSPS) is 10.7. The largest absolute Gasteiger partial charge is 0.489 e. The molecule has 0 unspecified atom stereocenters. The summed E-state index contributed by atoms with van der Waals surface area (Å²) in [6.45, 7) is 4.52. The van der Waals surface area contributed by atoms with Crippen LogP contribution in [0.25, 0.3) is 22.0 Å². The first-order chi connectivity index (χ1) is 17.0. The summed E-state index contributed by atoms with van der Waals surface area (Å²) < 4.78 is 30.1. The molecule has 180 valence electrons. The van der Waals surface area contributed by atoms with E-state index >= 15 is 0 Å². The van der Waals surface area contributed by atoms with Gasteiger partial charge in [0.25, 0.3) is 0 Å². The number of anilines is 1. The maximum Gasteiger partial charge on any atom is 0.341 e. The van der Waals surface area contributed by atoms with Crippen LogP contribution < -0.4 is 14.8 Å². The van der Waals surface area contributed by atoms with Crippen molar-refractivity contribution in [2.24, 2.45) is 0 Å². The number of carbonyl (C=O) groups is 1. The highest BCUT2D eigenvalue weighted by molar-refractivity contribution is 5.91. The van der Waals surface area contributed by atoms with Gasteiger partial charge >= 0.3 is 5.97 Å². The van der Waals surface area contributed by atoms with Crippen LogP contribution in [0.2, 0.25) is 0 Å². The topological polar surface area (TPSA) is 121 Å². The van der Waals surface area contributed by atoms with Crippen LogP contribution in [0.4, 0.5) is 10.3 Å². The molecule has 4 aromatic rings. The highest BCUT2D eigenvalue weighted by Crippen LogP contribution is 2.33. The molecule has 0 atom stereocenters. The van der Waals surface area contributed by atoms with Crippen molar-refractivity contribution in [1.82, 2.24) is 24.9 Å². The Morgan fingerprint density at radius 2 is 1.83 bits per heavy atom. The number of nitrogens with one attached hydrogen (secondary N) is 1. The van der Waals surface area contributed by atoms with Gasteiger partial charge in [-0.15, -0.1) is 0 Å². The number of benzene rings is 1. The molecule has 0 radical (unpaired) electrons. The van der Waals surface area contributed by atoms with E-state index in [4.69, 9.17) is 14.2 Å². The number of nitrogens with zero attached hydrogens (tertiary/aromatic N) is 5.